The molecule has 0 amide bonds. The van der Waals surface area contributed by atoms with E-state index in [1.165, 1.54) is 0 Å². The molecule has 4 aromatic rings. The number of imidazole rings is 1. The van der Waals surface area contributed by atoms with Gasteiger partial charge in [0.1, 0.15) is 23.0 Å². The number of nitrogen functional groups attached to an aromatic ring is 1. The van der Waals surface area contributed by atoms with Gasteiger partial charge in [0.15, 0.2) is 5.82 Å². The van der Waals surface area contributed by atoms with Gasteiger partial charge in [-0.1, -0.05) is 0 Å². The largest absolute Gasteiger partial charge is 0.457 e. The van der Waals surface area contributed by atoms with Gasteiger partial charge in [-0.2, -0.15) is 18.3 Å². The molecule has 1 aromatic carbocycles. The van der Waals surface area contributed by atoms with E-state index in [1.54, 1.807) is 48.1 Å². The number of hydrogen-bond acceptors (Lipinski definition) is 7. The van der Waals surface area contributed by atoms with Crippen LogP contribution in [0.5, 0.6) is 11.5 Å². The van der Waals surface area contributed by atoms with E-state index in [2.05, 4.69) is 20.4 Å². The van der Waals surface area contributed by atoms with Crippen LogP contribution in [0.2, 0.25) is 0 Å². The molecular weight excluding hydrogens is 463 g/mol. The maximum absolute atomic E-state index is 13.7. The number of nitrogens with zero attached hydrogens (tertiary/aromatic N) is 5. The number of rotatable bonds is 6. The van der Waals surface area contributed by atoms with Crippen molar-refractivity contribution in [1.82, 2.24) is 24.3 Å². The number of halogens is 3. The molecule has 0 unspecified atom stereocenters. The highest BCUT2D eigenvalue weighted by atomic mass is 19.4. The fraction of sp³-hybridized carbons (Fsp3) is 0.348. The van der Waals surface area contributed by atoms with Crippen LogP contribution < -0.4 is 15.8 Å². The first kappa shape index (κ1) is 23.0. The lowest BCUT2D eigenvalue weighted by Gasteiger charge is -2.22. The molecule has 3 aromatic heterocycles. The number of pyridine rings is 1. The third-order valence-corrected chi connectivity index (χ3v) is 5.92. The van der Waals surface area contributed by atoms with Crippen LogP contribution in [0, 0.1) is 5.92 Å². The van der Waals surface area contributed by atoms with Crippen LogP contribution in [-0.4, -0.2) is 37.5 Å². The molecule has 0 bridgehead atoms. The number of anilines is 3. The van der Waals surface area contributed by atoms with Crippen LogP contribution in [0.1, 0.15) is 18.5 Å². The van der Waals surface area contributed by atoms with Crippen LogP contribution in [0.3, 0.4) is 0 Å². The average Bonchev–Trinajstić information content (AvgIpc) is 3.35. The maximum atomic E-state index is 13.7. The van der Waals surface area contributed by atoms with Crippen molar-refractivity contribution < 1.29 is 22.6 Å². The van der Waals surface area contributed by atoms with Crippen molar-refractivity contribution in [3.05, 3.63) is 48.3 Å². The summed E-state index contributed by atoms with van der Waals surface area (Å²) in [6, 6.07) is 9.61. The third-order valence-electron chi connectivity index (χ3n) is 5.92. The predicted octanol–water partition coefficient (Wildman–Crippen LogP) is 4.73. The van der Waals surface area contributed by atoms with Crippen LogP contribution in [0.4, 0.5) is 30.8 Å². The molecular formula is C23H24F3N7O2. The van der Waals surface area contributed by atoms with E-state index in [0.29, 0.717) is 54.8 Å². The Morgan fingerprint density at radius 2 is 1.91 bits per heavy atom. The van der Waals surface area contributed by atoms with Gasteiger partial charge >= 0.3 is 6.18 Å². The molecule has 12 heteroatoms. The second-order valence-electron chi connectivity index (χ2n) is 8.44. The van der Waals surface area contributed by atoms with Gasteiger partial charge in [-0.25, -0.2) is 9.97 Å². The summed E-state index contributed by atoms with van der Waals surface area (Å²) in [4.78, 5) is 8.44. The molecule has 1 fully saturated rings. The van der Waals surface area contributed by atoms with E-state index >= 15 is 0 Å². The van der Waals surface area contributed by atoms with Crippen LogP contribution in [-0.2, 0) is 24.5 Å². The topological polar surface area (TPSA) is 105 Å². The smallest absolute Gasteiger partial charge is 0.433 e. The van der Waals surface area contributed by atoms with E-state index in [4.69, 9.17) is 15.2 Å². The second-order valence-corrected chi connectivity index (χ2v) is 8.44. The summed E-state index contributed by atoms with van der Waals surface area (Å²) in [7, 11) is 1.76. The molecule has 1 saturated heterocycles. The Hall–Kier alpha value is -3.80. The van der Waals surface area contributed by atoms with Crippen molar-refractivity contribution in [2.24, 2.45) is 13.0 Å². The summed E-state index contributed by atoms with van der Waals surface area (Å²) in [6.45, 7) is 1.29. The summed E-state index contributed by atoms with van der Waals surface area (Å²) in [5.41, 5.74) is 6.28. The van der Waals surface area contributed by atoms with E-state index in [9.17, 15) is 13.2 Å². The fourth-order valence-corrected chi connectivity index (χ4v) is 4.11. The van der Waals surface area contributed by atoms with Gasteiger partial charge in [-0.15, -0.1) is 0 Å². The number of hydrogen-bond donors (Lipinski definition) is 2. The summed E-state index contributed by atoms with van der Waals surface area (Å²) in [6.07, 6.45) is -1.55. The van der Waals surface area contributed by atoms with Gasteiger partial charge in [0.05, 0.1) is 11.0 Å². The molecule has 1 aliphatic rings. The quantitative estimate of drug-likeness (QED) is 0.405. The second kappa shape index (κ2) is 9.10. The number of aryl methyl sites for hydroxylation is 1. The number of benzene rings is 1. The van der Waals surface area contributed by atoms with Gasteiger partial charge in [-0.3, -0.25) is 4.68 Å². The van der Waals surface area contributed by atoms with E-state index < -0.39 is 11.9 Å². The number of aromatic nitrogens is 5. The lowest BCUT2D eigenvalue weighted by molar-refractivity contribution is -0.144. The lowest BCUT2D eigenvalue weighted by atomic mass is 10.0. The summed E-state index contributed by atoms with van der Waals surface area (Å²) < 4.78 is 55.0. The first-order chi connectivity index (χ1) is 16.8. The molecule has 35 heavy (non-hydrogen) atoms. The minimum atomic E-state index is -4.52. The molecule has 184 valence electrons. The highest BCUT2D eigenvalue weighted by Crippen LogP contribution is 2.34. The van der Waals surface area contributed by atoms with Gasteiger partial charge < -0.3 is 25.1 Å². The van der Waals surface area contributed by atoms with E-state index in [1.807, 2.05) is 0 Å². The number of fused-ring (bicyclic) bond motifs is 1. The Morgan fingerprint density at radius 1 is 1.14 bits per heavy atom. The molecule has 0 aliphatic carbocycles. The van der Waals surface area contributed by atoms with E-state index in [-0.39, 0.29) is 18.3 Å². The van der Waals surface area contributed by atoms with E-state index in [0.717, 1.165) is 16.3 Å². The van der Waals surface area contributed by atoms with Crippen molar-refractivity contribution in [3.63, 3.8) is 0 Å². The minimum absolute atomic E-state index is 0.0755. The Bertz CT molecular complexity index is 1340. The number of alkyl halides is 3. The Kier molecular flexibility index (Phi) is 5.97. The molecule has 9 nitrogen and oxygen atoms in total. The predicted molar refractivity (Wildman–Crippen MR) is 123 cm³/mol. The Morgan fingerprint density at radius 3 is 2.66 bits per heavy atom. The summed E-state index contributed by atoms with van der Waals surface area (Å²) in [5, 5.41) is 7.15. The minimum Gasteiger partial charge on any atom is -0.457 e. The van der Waals surface area contributed by atoms with Gasteiger partial charge in [-0.05, 0) is 37.0 Å². The SMILES string of the molecule is Cn1c(Nc2cc(C(F)(F)F)n(CC3CCOCC3)n2)nc2ccc(Oc3ccnc(N)c3)cc21. The van der Waals surface area contributed by atoms with Gasteiger partial charge in [0.2, 0.25) is 5.95 Å². The molecule has 0 saturated carbocycles. The fourth-order valence-electron chi connectivity index (χ4n) is 4.11. The zero-order valence-electron chi connectivity index (χ0n) is 18.9. The monoisotopic (exact) mass is 487 g/mol. The van der Waals surface area contributed by atoms with Gasteiger partial charge in [0, 0.05) is 51.2 Å². The van der Waals surface area contributed by atoms with Crippen molar-refractivity contribution >= 4 is 28.6 Å². The number of ether oxygens (including phenoxy) is 2. The van der Waals surface area contributed by atoms with Crippen LogP contribution >= 0.6 is 0 Å². The summed E-state index contributed by atoms with van der Waals surface area (Å²) >= 11 is 0. The molecule has 4 heterocycles. The zero-order chi connectivity index (χ0) is 24.6. The van der Waals surface area contributed by atoms with Crippen molar-refractivity contribution in [3.8, 4) is 11.5 Å². The normalized spacial score (nSPS) is 15.0. The van der Waals surface area contributed by atoms with Crippen LogP contribution in [0.15, 0.2) is 42.6 Å². The lowest BCUT2D eigenvalue weighted by Crippen LogP contribution is -2.24. The highest BCUT2D eigenvalue weighted by Gasteiger charge is 2.36. The first-order valence-electron chi connectivity index (χ1n) is 11.1. The third kappa shape index (κ3) is 5.02. The molecule has 3 N–H and O–H groups in total. The zero-order valence-corrected chi connectivity index (χ0v) is 18.9. The van der Waals surface area contributed by atoms with Crippen molar-refractivity contribution in [2.75, 3.05) is 24.3 Å². The summed E-state index contributed by atoms with van der Waals surface area (Å²) in [5.74, 6) is 1.94. The molecule has 0 radical (unpaired) electrons. The molecule has 0 atom stereocenters. The van der Waals surface area contributed by atoms with Gasteiger partial charge in [0.25, 0.3) is 0 Å². The Labute approximate surface area is 198 Å². The maximum Gasteiger partial charge on any atom is 0.433 e. The molecule has 1 aliphatic heterocycles. The number of nitrogens with one attached hydrogen (secondary N) is 1. The standard InChI is InChI=1S/C23H24F3N7O2/c1-32-18-10-15(35-16-4-7-28-20(27)11-16)2-3-17(18)29-22(32)30-21-12-19(23(24,25)26)33(31-21)13-14-5-8-34-9-6-14/h2-4,7,10-12,14H,5-6,8-9,13H2,1H3,(H2,27,28)(H,29,30,31). The molecule has 0 spiro atoms. The van der Waals surface area contributed by atoms with Crippen LogP contribution in [0.25, 0.3) is 11.0 Å². The Balaban J connectivity index is 1.40. The highest BCUT2D eigenvalue weighted by molar-refractivity contribution is 5.81. The average molecular weight is 487 g/mol. The van der Waals surface area contributed by atoms with Crippen molar-refractivity contribution in [2.45, 2.75) is 25.6 Å². The number of nitrogens with two attached hydrogens (primary N) is 1. The van der Waals surface area contributed by atoms with Crippen molar-refractivity contribution in [1.29, 1.82) is 0 Å². The molecule has 5 rings (SSSR count). The first-order valence-corrected chi connectivity index (χ1v) is 11.1.